The Kier molecular flexibility index (Phi) is 4.86. The highest BCUT2D eigenvalue weighted by atomic mass is 16.4. The number of aryl methyl sites for hydroxylation is 1. The number of hydrogen-bond donors (Lipinski definition) is 1. The number of nitrogens with zero attached hydrogens (tertiary/aromatic N) is 2. The number of aliphatic carboxylic acids is 1. The van der Waals surface area contributed by atoms with Crippen LogP contribution in [0.2, 0.25) is 0 Å². The molecule has 0 fully saturated rings. The van der Waals surface area contributed by atoms with E-state index in [1.54, 1.807) is 11.5 Å². The number of rotatable bonds is 5. The van der Waals surface area contributed by atoms with Gasteiger partial charge in [-0.3, -0.25) is 9.36 Å². The Hall–Kier alpha value is -1.65. The zero-order valence-electron chi connectivity index (χ0n) is 12.2. The molecule has 5 heteroatoms. The van der Waals surface area contributed by atoms with E-state index in [-0.39, 0.29) is 18.2 Å². The standard InChI is InChI=1S/C14H22N2O3/c1-8(2)10(4)16-11(5)12(6-7-13(17)18)9(3)15-14(16)19/h8,10H,6-7H2,1-5H3,(H,17,18). The molecule has 0 bridgehead atoms. The van der Waals surface area contributed by atoms with E-state index in [0.29, 0.717) is 18.0 Å². The zero-order valence-corrected chi connectivity index (χ0v) is 12.2. The second-order valence-corrected chi connectivity index (χ2v) is 5.29. The largest absolute Gasteiger partial charge is 0.481 e. The van der Waals surface area contributed by atoms with E-state index in [9.17, 15) is 9.59 Å². The third-order valence-corrected chi connectivity index (χ3v) is 3.67. The predicted molar refractivity (Wildman–Crippen MR) is 73.5 cm³/mol. The van der Waals surface area contributed by atoms with E-state index in [2.05, 4.69) is 4.98 Å². The summed E-state index contributed by atoms with van der Waals surface area (Å²) in [6.45, 7) is 9.71. The first-order chi connectivity index (χ1) is 8.75. The Morgan fingerprint density at radius 2 is 1.89 bits per heavy atom. The van der Waals surface area contributed by atoms with Gasteiger partial charge in [0.25, 0.3) is 0 Å². The summed E-state index contributed by atoms with van der Waals surface area (Å²) in [6.07, 6.45) is 0.461. The van der Waals surface area contributed by atoms with Gasteiger partial charge in [-0.25, -0.2) is 4.79 Å². The first-order valence-corrected chi connectivity index (χ1v) is 6.56. The summed E-state index contributed by atoms with van der Waals surface area (Å²) in [5.74, 6) is -0.526. The molecule has 0 saturated carbocycles. The molecule has 5 nitrogen and oxygen atoms in total. The fourth-order valence-electron chi connectivity index (χ4n) is 2.19. The minimum atomic E-state index is -0.839. The lowest BCUT2D eigenvalue weighted by molar-refractivity contribution is -0.136. The highest BCUT2D eigenvalue weighted by Crippen LogP contribution is 2.20. The van der Waals surface area contributed by atoms with Gasteiger partial charge in [0.1, 0.15) is 0 Å². The van der Waals surface area contributed by atoms with Crippen molar-refractivity contribution >= 4 is 5.97 Å². The van der Waals surface area contributed by atoms with E-state index in [1.807, 2.05) is 27.7 Å². The third kappa shape index (κ3) is 3.43. The van der Waals surface area contributed by atoms with Crippen LogP contribution < -0.4 is 5.69 Å². The summed E-state index contributed by atoms with van der Waals surface area (Å²) < 4.78 is 1.68. The second kappa shape index (κ2) is 5.99. The molecule has 1 heterocycles. The van der Waals surface area contributed by atoms with Crippen molar-refractivity contribution in [3.05, 3.63) is 27.4 Å². The van der Waals surface area contributed by atoms with Crippen molar-refractivity contribution in [1.29, 1.82) is 0 Å². The summed E-state index contributed by atoms with van der Waals surface area (Å²) in [4.78, 5) is 26.8. The normalized spacial score (nSPS) is 12.7. The van der Waals surface area contributed by atoms with Crippen LogP contribution in [0.5, 0.6) is 0 Å². The average molecular weight is 266 g/mol. The molecule has 1 N–H and O–H groups in total. The lowest BCUT2D eigenvalue weighted by atomic mass is 10.0. The van der Waals surface area contributed by atoms with E-state index in [1.165, 1.54) is 0 Å². The van der Waals surface area contributed by atoms with Crippen molar-refractivity contribution < 1.29 is 9.90 Å². The van der Waals surface area contributed by atoms with E-state index < -0.39 is 5.97 Å². The number of carbonyl (C=O) groups is 1. The SMILES string of the molecule is Cc1nc(=O)n(C(C)C(C)C)c(C)c1CCC(=O)O. The molecule has 1 aromatic rings. The quantitative estimate of drug-likeness (QED) is 0.885. The average Bonchev–Trinajstić information content (AvgIpc) is 2.27. The Labute approximate surface area is 113 Å². The monoisotopic (exact) mass is 266 g/mol. The molecule has 1 atom stereocenters. The molecule has 1 rings (SSSR count). The minimum Gasteiger partial charge on any atom is -0.481 e. The lowest BCUT2D eigenvalue weighted by Crippen LogP contribution is -2.32. The molecule has 0 aliphatic carbocycles. The molecule has 0 aliphatic rings. The summed E-state index contributed by atoms with van der Waals surface area (Å²) in [6, 6.07) is 0.0455. The maximum absolute atomic E-state index is 12.0. The highest BCUT2D eigenvalue weighted by molar-refractivity contribution is 5.67. The molecule has 0 aromatic carbocycles. The summed E-state index contributed by atoms with van der Waals surface area (Å²) in [5.41, 5.74) is 2.08. The summed E-state index contributed by atoms with van der Waals surface area (Å²) in [5, 5.41) is 8.79. The van der Waals surface area contributed by atoms with Crippen molar-refractivity contribution in [1.82, 2.24) is 9.55 Å². The summed E-state index contributed by atoms with van der Waals surface area (Å²) >= 11 is 0. The van der Waals surface area contributed by atoms with Crippen LogP contribution in [0.4, 0.5) is 0 Å². The van der Waals surface area contributed by atoms with Crippen LogP contribution in [-0.2, 0) is 11.2 Å². The molecule has 0 amide bonds. The second-order valence-electron chi connectivity index (χ2n) is 5.29. The van der Waals surface area contributed by atoms with Gasteiger partial charge in [0.2, 0.25) is 0 Å². The molecule has 19 heavy (non-hydrogen) atoms. The summed E-state index contributed by atoms with van der Waals surface area (Å²) in [7, 11) is 0. The molecule has 1 aromatic heterocycles. The van der Waals surface area contributed by atoms with Gasteiger partial charge < -0.3 is 5.11 Å². The van der Waals surface area contributed by atoms with Gasteiger partial charge >= 0.3 is 11.7 Å². The molecule has 106 valence electrons. The van der Waals surface area contributed by atoms with Crippen molar-refractivity contribution in [3.8, 4) is 0 Å². The van der Waals surface area contributed by atoms with Crippen LogP contribution in [0, 0.1) is 19.8 Å². The van der Waals surface area contributed by atoms with Gasteiger partial charge in [0, 0.05) is 23.9 Å². The maximum Gasteiger partial charge on any atom is 0.348 e. The van der Waals surface area contributed by atoms with Gasteiger partial charge in [0.15, 0.2) is 0 Å². The van der Waals surface area contributed by atoms with Gasteiger partial charge in [-0.05, 0) is 38.7 Å². The fourth-order valence-corrected chi connectivity index (χ4v) is 2.19. The van der Waals surface area contributed by atoms with Crippen molar-refractivity contribution in [2.24, 2.45) is 5.92 Å². The van der Waals surface area contributed by atoms with Gasteiger partial charge in [-0.2, -0.15) is 4.98 Å². The zero-order chi connectivity index (χ0) is 14.7. The number of carboxylic acid groups (broad SMARTS) is 1. The Balaban J connectivity index is 3.30. The minimum absolute atomic E-state index is 0.0455. The van der Waals surface area contributed by atoms with Crippen LogP contribution in [0.3, 0.4) is 0 Å². The Morgan fingerprint density at radius 1 is 1.32 bits per heavy atom. The predicted octanol–water partition coefficient (Wildman–Crippen LogP) is 2.09. The topological polar surface area (TPSA) is 72.2 Å². The number of aromatic nitrogens is 2. The fraction of sp³-hybridized carbons (Fsp3) is 0.643. The van der Waals surface area contributed by atoms with Gasteiger partial charge in [-0.1, -0.05) is 13.8 Å². The molecule has 0 aliphatic heterocycles. The maximum atomic E-state index is 12.0. The van der Waals surface area contributed by atoms with Crippen LogP contribution in [0.15, 0.2) is 4.79 Å². The van der Waals surface area contributed by atoms with Crippen molar-refractivity contribution in [3.63, 3.8) is 0 Å². The lowest BCUT2D eigenvalue weighted by Gasteiger charge is -2.23. The van der Waals surface area contributed by atoms with Crippen LogP contribution in [0.25, 0.3) is 0 Å². The smallest absolute Gasteiger partial charge is 0.348 e. The van der Waals surface area contributed by atoms with E-state index in [0.717, 1.165) is 11.3 Å². The van der Waals surface area contributed by atoms with Crippen molar-refractivity contribution in [2.45, 2.75) is 53.5 Å². The first kappa shape index (κ1) is 15.4. The molecule has 1 unspecified atom stereocenters. The third-order valence-electron chi connectivity index (χ3n) is 3.67. The van der Waals surface area contributed by atoms with Gasteiger partial charge in [-0.15, -0.1) is 0 Å². The first-order valence-electron chi connectivity index (χ1n) is 6.56. The molecule has 0 saturated heterocycles. The Morgan fingerprint density at radius 3 is 2.37 bits per heavy atom. The van der Waals surface area contributed by atoms with Gasteiger partial charge in [0.05, 0.1) is 0 Å². The molecular weight excluding hydrogens is 244 g/mol. The van der Waals surface area contributed by atoms with Crippen LogP contribution in [0.1, 0.15) is 50.2 Å². The number of carboxylic acids is 1. The van der Waals surface area contributed by atoms with E-state index in [4.69, 9.17) is 5.11 Å². The molecular formula is C14H22N2O3. The van der Waals surface area contributed by atoms with Crippen LogP contribution >= 0.6 is 0 Å². The highest BCUT2D eigenvalue weighted by Gasteiger charge is 2.18. The van der Waals surface area contributed by atoms with Crippen molar-refractivity contribution in [2.75, 3.05) is 0 Å². The molecule has 0 radical (unpaired) electrons. The van der Waals surface area contributed by atoms with E-state index >= 15 is 0 Å². The van der Waals surface area contributed by atoms with Crippen LogP contribution in [-0.4, -0.2) is 20.6 Å². The molecule has 0 spiro atoms. The number of hydrogen-bond acceptors (Lipinski definition) is 3. The Bertz CT molecular complexity index is 532.